The van der Waals surface area contributed by atoms with Gasteiger partial charge in [0.1, 0.15) is 0 Å². The average molecular weight is 287 g/mol. The third kappa shape index (κ3) is 9.14. The molecule has 0 aromatic rings. The summed E-state index contributed by atoms with van der Waals surface area (Å²) in [5.41, 5.74) is 0. The van der Waals surface area contributed by atoms with E-state index in [-0.39, 0.29) is 0 Å². The van der Waals surface area contributed by atoms with Crippen molar-refractivity contribution < 1.29 is 0 Å². The van der Waals surface area contributed by atoms with Crippen LogP contribution < -0.4 is 0 Å². The summed E-state index contributed by atoms with van der Waals surface area (Å²) in [5, 5.41) is 0. The van der Waals surface area contributed by atoms with Gasteiger partial charge in [0, 0.05) is 0 Å². The molecule has 0 saturated carbocycles. The fraction of sp³-hybridized carbons (Fsp3) is 1.00. The first-order valence-electron chi connectivity index (χ1n) is 5.85. The van der Waals surface area contributed by atoms with Gasteiger partial charge in [-0.2, -0.15) is 0 Å². The summed E-state index contributed by atoms with van der Waals surface area (Å²) in [6, 6.07) is 0. The molecular weight excluding hydrogens is 261 g/mol. The minimum absolute atomic E-state index is 0.953. The topological polar surface area (TPSA) is 3.24 Å². The van der Waals surface area contributed by atoms with E-state index >= 15 is 0 Å². The molecular formula is C11H26InN. The second-order valence-electron chi connectivity index (χ2n) is 4.36. The molecule has 0 aromatic heterocycles. The molecule has 0 fully saturated rings. The van der Waals surface area contributed by atoms with Crippen LogP contribution in [0.3, 0.4) is 0 Å². The van der Waals surface area contributed by atoms with E-state index in [1.807, 2.05) is 0 Å². The van der Waals surface area contributed by atoms with E-state index in [9.17, 15) is 0 Å². The maximum atomic E-state index is 2.42. The van der Waals surface area contributed by atoms with E-state index in [0.29, 0.717) is 0 Å². The van der Waals surface area contributed by atoms with Gasteiger partial charge >= 0.3 is 92.6 Å². The Hall–Kier alpha value is 0.830. The summed E-state index contributed by atoms with van der Waals surface area (Å²) in [4.78, 5) is 2.30. The van der Waals surface area contributed by atoms with E-state index < -0.39 is 21.4 Å². The Balaban J connectivity index is 3.27. The molecule has 0 heterocycles. The Morgan fingerprint density at radius 2 is 1.69 bits per heavy atom. The van der Waals surface area contributed by atoms with Gasteiger partial charge in [-0.1, -0.05) is 0 Å². The van der Waals surface area contributed by atoms with Crippen LogP contribution in [-0.2, 0) is 0 Å². The molecule has 0 unspecified atom stereocenters. The molecule has 0 N–H and O–H groups in total. The Bertz CT molecular complexity index is 104. The van der Waals surface area contributed by atoms with Gasteiger partial charge in [0.25, 0.3) is 0 Å². The van der Waals surface area contributed by atoms with Crippen molar-refractivity contribution in [2.75, 3.05) is 20.6 Å². The van der Waals surface area contributed by atoms with Crippen molar-refractivity contribution in [2.45, 2.75) is 45.6 Å². The zero-order valence-corrected chi connectivity index (χ0v) is 13.3. The molecule has 0 aliphatic heterocycles. The van der Waals surface area contributed by atoms with Gasteiger partial charge < -0.3 is 0 Å². The summed E-state index contributed by atoms with van der Waals surface area (Å²) in [6.07, 6.45) is 4.37. The van der Waals surface area contributed by atoms with E-state index in [1.54, 1.807) is 12.5 Å². The van der Waals surface area contributed by atoms with Gasteiger partial charge in [-0.15, -0.1) is 0 Å². The second kappa shape index (κ2) is 9.39. The van der Waals surface area contributed by atoms with Crippen molar-refractivity contribution >= 4 is 21.4 Å². The SMILES string of the molecule is CC[CH2][In]([CH2]C)[CH2]CCCN(C)C. The van der Waals surface area contributed by atoms with E-state index in [2.05, 4.69) is 32.8 Å². The molecule has 13 heavy (non-hydrogen) atoms. The van der Waals surface area contributed by atoms with Gasteiger partial charge in [0.15, 0.2) is 0 Å². The fourth-order valence-corrected chi connectivity index (χ4v) is 9.78. The van der Waals surface area contributed by atoms with Gasteiger partial charge in [0.05, 0.1) is 0 Å². The molecule has 0 aromatic carbocycles. The van der Waals surface area contributed by atoms with Crippen molar-refractivity contribution in [1.82, 2.24) is 4.90 Å². The van der Waals surface area contributed by atoms with Crippen molar-refractivity contribution in [2.24, 2.45) is 0 Å². The average Bonchev–Trinajstić information content (AvgIpc) is 2.10. The van der Waals surface area contributed by atoms with Crippen LogP contribution in [0.1, 0.15) is 33.1 Å². The fourth-order valence-electron chi connectivity index (χ4n) is 1.82. The molecule has 2 heteroatoms. The molecule has 0 aliphatic rings. The van der Waals surface area contributed by atoms with E-state index in [1.165, 1.54) is 25.8 Å². The van der Waals surface area contributed by atoms with Crippen LogP contribution >= 0.6 is 0 Å². The number of hydrogen-bond acceptors (Lipinski definition) is 1. The maximum absolute atomic E-state index is 2.42. The summed E-state index contributed by atoms with van der Waals surface area (Å²) in [7, 11) is 4.35. The van der Waals surface area contributed by atoms with E-state index in [0.717, 1.165) is 0 Å². The zero-order valence-electron chi connectivity index (χ0n) is 9.97. The minimum atomic E-state index is -0.953. The van der Waals surface area contributed by atoms with Crippen LogP contribution in [0.2, 0.25) is 12.5 Å². The van der Waals surface area contributed by atoms with Crippen molar-refractivity contribution in [3.8, 4) is 0 Å². The molecule has 0 rings (SSSR count). The Kier molecular flexibility index (Phi) is 9.99. The quantitative estimate of drug-likeness (QED) is 0.619. The summed E-state index contributed by atoms with van der Waals surface area (Å²) in [5.74, 6) is 0. The molecule has 0 spiro atoms. The van der Waals surface area contributed by atoms with Gasteiger partial charge in [-0.3, -0.25) is 0 Å². The van der Waals surface area contributed by atoms with Crippen LogP contribution in [0.5, 0.6) is 0 Å². The molecule has 78 valence electrons. The first-order valence-corrected chi connectivity index (χ1v) is 12.8. The Morgan fingerprint density at radius 1 is 1.00 bits per heavy atom. The predicted molar refractivity (Wildman–Crippen MR) is 63.9 cm³/mol. The third-order valence-corrected chi connectivity index (χ3v) is 13.5. The van der Waals surface area contributed by atoms with Crippen molar-refractivity contribution in [1.29, 1.82) is 0 Å². The normalized spacial score (nSPS) is 10.8. The standard InChI is InChI=1S/C6H14N.C3H7.C2H5.In/c1-4-5-6-7(2)3;1-3-2;1-2;/h1,4-6H2,2-3H3;1,3H2,2H3;1H2,2H3;. The van der Waals surface area contributed by atoms with Gasteiger partial charge in [-0.25, -0.2) is 0 Å². The number of rotatable bonds is 8. The monoisotopic (exact) mass is 287 g/mol. The molecule has 0 bridgehead atoms. The molecule has 0 amide bonds. The predicted octanol–water partition coefficient (Wildman–Crippen LogP) is 3.25. The van der Waals surface area contributed by atoms with Crippen molar-refractivity contribution in [3.63, 3.8) is 0 Å². The number of unbranched alkanes of at least 4 members (excludes halogenated alkanes) is 1. The Morgan fingerprint density at radius 3 is 2.15 bits per heavy atom. The summed E-state index contributed by atoms with van der Waals surface area (Å²) in [6.45, 7) is 6.05. The first-order chi connectivity index (χ1) is 6.20. The van der Waals surface area contributed by atoms with Crippen LogP contribution in [0.25, 0.3) is 0 Å². The molecule has 0 atom stereocenters. The molecule has 0 aliphatic carbocycles. The van der Waals surface area contributed by atoms with Crippen LogP contribution in [0.15, 0.2) is 0 Å². The Labute approximate surface area is 92.4 Å². The van der Waals surface area contributed by atoms with Crippen molar-refractivity contribution in [3.05, 3.63) is 0 Å². The molecule has 0 radical (unpaired) electrons. The van der Waals surface area contributed by atoms with Crippen LogP contribution in [-0.4, -0.2) is 47.0 Å². The zero-order chi connectivity index (χ0) is 10.1. The third-order valence-electron chi connectivity index (χ3n) is 2.74. The van der Waals surface area contributed by atoms with Gasteiger partial charge in [-0.05, 0) is 0 Å². The van der Waals surface area contributed by atoms with Crippen LogP contribution in [0.4, 0.5) is 0 Å². The summed E-state index contributed by atoms with van der Waals surface area (Å²) >= 11 is -0.953. The second-order valence-corrected chi connectivity index (χ2v) is 14.9. The first kappa shape index (κ1) is 13.8. The summed E-state index contributed by atoms with van der Waals surface area (Å²) < 4.78 is 4.87. The van der Waals surface area contributed by atoms with E-state index in [4.69, 9.17) is 0 Å². The molecule has 0 saturated heterocycles. The van der Waals surface area contributed by atoms with Crippen LogP contribution in [0, 0.1) is 0 Å². The molecule has 1 nitrogen and oxygen atoms in total. The number of hydrogen-bond donors (Lipinski definition) is 0. The number of nitrogens with zero attached hydrogens (tertiary/aromatic N) is 1. The van der Waals surface area contributed by atoms with Gasteiger partial charge in [0.2, 0.25) is 0 Å².